The van der Waals surface area contributed by atoms with Crippen molar-refractivity contribution in [3.63, 3.8) is 0 Å². The highest BCUT2D eigenvalue weighted by atomic mass is 79.9. The minimum Gasteiger partial charge on any atom is -0.314 e. The van der Waals surface area contributed by atoms with Crippen LogP contribution in [0, 0.1) is 5.92 Å². The Bertz CT molecular complexity index is 426. The molecule has 0 amide bonds. The molecule has 2 aliphatic rings. The predicted molar refractivity (Wildman–Crippen MR) is 81.7 cm³/mol. The molecule has 1 saturated carbocycles. The number of rotatable bonds is 3. The second-order valence-corrected chi connectivity index (χ2v) is 7.00. The standard InChI is InChI=1S/C14H18Br2N2/c15-11-3-4-13(16)12(9-11)14(10-1-2-10)18-7-5-17-6-8-18/h3-4,9-10,14,17H,1-2,5-8H2/t14-/m0/s1. The lowest BCUT2D eigenvalue weighted by atomic mass is 10.00. The summed E-state index contributed by atoms with van der Waals surface area (Å²) in [6.45, 7) is 4.57. The lowest BCUT2D eigenvalue weighted by Crippen LogP contribution is -2.45. The summed E-state index contributed by atoms with van der Waals surface area (Å²) in [6, 6.07) is 7.15. The van der Waals surface area contributed by atoms with Crippen LogP contribution in [-0.2, 0) is 0 Å². The van der Waals surface area contributed by atoms with E-state index in [1.165, 1.54) is 40.4 Å². The fraction of sp³-hybridized carbons (Fsp3) is 0.571. The quantitative estimate of drug-likeness (QED) is 0.871. The first-order chi connectivity index (χ1) is 8.75. The lowest BCUT2D eigenvalue weighted by Gasteiger charge is -2.36. The van der Waals surface area contributed by atoms with Gasteiger partial charge in [0.1, 0.15) is 0 Å². The minimum absolute atomic E-state index is 0.596. The van der Waals surface area contributed by atoms with Gasteiger partial charge in [0.2, 0.25) is 0 Å². The second kappa shape index (κ2) is 5.61. The van der Waals surface area contributed by atoms with E-state index in [-0.39, 0.29) is 0 Å². The van der Waals surface area contributed by atoms with Crippen molar-refractivity contribution in [1.82, 2.24) is 10.2 Å². The average Bonchev–Trinajstić information content (AvgIpc) is 3.20. The molecule has 0 radical (unpaired) electrons. The van der Waals surface area contributed by atoms with Crippen molar-refractivity contribution in [2.75, 3.05) is 26.2 Å². The molecule has 1 aliphatic carbocycles. The summed E-state index contributed by atoms with van der Waals surface area (Å²) in [5.74, 6) is 0.855. The van der Waals surface area contributed by atoms with E-state index in [1.54, 1.807) is 0 Å². The molecule has 1 aromatic rings. The molecule has 1 N–H and O–H groups in total. The van der Waals surface area contributed by atoms with E-state index in [0.29, 0.717) is 6.04 Å². The number of hydrogen-bond acceptors (Lipinski definition) is 2. The maximum Gasteiger partial charge on any atom is 0.0388 e. The van der Waals surface area contributed by atoms with Crippen LogP contribution in [0.5, 0.6) is 0 Å². The van der Waals surface area contributed by atoms with Crippen LogP contribution in [0.25, 0.3) is 0 Å². The first kappa shape index (κ1) is 13.1. The summed E-state index contributed by atoms with van der Waals surface area (Å²) < 4.78 is 2.43. The van der Waals surface area contributed by atoms with Gasteiger partial charge in [0.25, 0.3) is 0 Å². The fourth-order valence-electron chi connectivity index (χ4n) is 2.86. The summed E-state index contributed by atoms with van der Waals surface area (Å²) >= 11 is 7.34. The van der Waals surface area contributed by atoms with Crippen molar-refractivity contribution in [3.8, 4) is 0 Å². The Labute approximate surface area is 125 Å². The third-order valence-corrected chi connectivity index (χ3v) is 5.11. The van der Waals surface area contributed by atoms with Gasteiger partial charge in [-0.1, -0.05) is 31.9 Å². The highest BCUT2D eigenvalue weighted by molar-refractivity contribution is 9.11. The first-order valence-electron chi connectivity index (χ1n) is 6.65. The summed E-state index contributed by atoms with van der Waals surface area (Å²) in [4.78, 5) is 2.65. The molecule has 18 heavy (non-hydrogen) atoms. The smallest absolute Gasteiger partial charge is 0.0388 e. The predicted octanol–water partition coefficient (Wildman–Crippen LogP) is 3.57. The number of nitrogens with one attached hydrogen (secondary N) is 1. The summed E-state index contributed by atoms with van der Waals surface area (Å²) in [5, 5.41) is 3.44. The monoisotopic (exact) mass is 372 g/mol. The van der Waals surface area contributed by atoms with Gasteiger partial charge in [-0.15, -0.1) is 0 Å². The van der Waals surface area contributed by atoms with Crippen LogP contribution in [0.1, 0.15) is 24.4 Å². The molecular formula is C14H18Br2N2. The minimum atomic E-state index is 0.596. The van der Waals surface area contributed by atoms with Crippen molar-refractivity contribution in [2.24, 2.45) is 5.92 Å². The Kier molecular flexibility index (Phi) is 4.09. The largest absolute Gasteiger partial charge is 0.314 e. The highest BCUT2D eigenvalue weighted by Crippen LogP contribution is 2.46. The zero-order chi connectivity index (χ0) is 12.5. The van der Waals surface area contributed by atoms with Crippen LogP contribution in [0.15, 0.2) is 27.1 Å². The van der Waals surface area contributed by atoms with Crippen LogP contribution in [0.2, 0.25) is 0 Å². The average molecular weight is 374 g/mol. The number of nitrogens with zero attached hydrogens (tertiary/aromatic N) is 1. The third-order valence-electron chi connectivity index (χ3n) is 3.89. The Balaban J connectivity index is 1.90. The molecule has 2 nitrogen and oxygen atoms in total. The Morgan fingerprint density at radius 3 is 2.56 bits per heavy atom. The zero-order valence-electron chi connectivity index (χ0n) is 10.3. The Morgan fingerprint density at radius 1 is 1.17 bits per heavy atom. The van der Waals surface area contributed by atoms with Crippen LogP contribution < -0.4 is 5.32 Å². The van der Waals surface area contributed by atoms with E-state index >= 15 is 0 Å². The topological polar surface area (TPSA) is 15.3 Å². The van der Waals surface area contributed by atoms with Gasteiger partial charge >= 0.3 is 0 Å². The number of benzene rings is 1. The molecule has 3 rings (SSSR count). The summed E-state index contributed by atoms with van der Waals surface area (Å²) in [6.07, 6.45) is 2.76. The molecule has 0 spiro atoms. The van der Waals surface area contributed by atoms with E-state index < -0.39 is 0 Å². The molecule has 0 bridgehead atoms. The summed E-state index contributed by atoms with van der Waals surface area (Å²) in [7, 11) is 0. The Hall–Kier alpha value is 0.1000. The molecule has 2 fully saturated rings. The van der Waals surface area contributed by atoms with E-state index in [1.807, 2.05) is 0 Å². The van der Waals surface area contributed by atoms with Gasteiger partial charge in [-0.2, -0.15) is 0 Å². The third kappa shape index (κ3) is 2.82. The maximum atomic E-state index is 3.73. The van der Waals surface area contributed by atoms with Crippen molar-refractivity contribution in [3.05, 3.63) is 32.7 Å². The van der Waals surface area contributed by atoms with Gasteiger partial charge in [-0.25, -0.2) is 0 Å². The van der Waals surface area contributed by atoms with Gasteiger partial charge in [-0.05, 0) is 42.5 Å². The molecule has 1 aromatic carbocycles. The molecule has 1 saturated heterocycles. The van der Waals surface area contributed by atoms with E-state index in [9.17, 15) is 0 Å². The van der Waals surface area contributed by atoms with E-state index in [0.717, 1.165) is 19.0 Å². The number of hydrogen-bond donors (Lipinski definition) is 1. The van der Waals surface area contributed by atoms with Crippen molar-refractivity contribution < 1.29 is 0 Å². The van der Waals surface area contributed by atoms with Crippen LogP contribution in [-0.4, -0.2) is 31.1 Å². The van der Waals surface area contributed by atoms with Crippen LogP contribution in [0.3, 0.4) is 0 Å². The van der Waals surface area contributed by atoms with Gasteiger partial charge < -0.3 is 5.32 Å². The van der Waals surface area contributed by atoms with Crippen molar-refractivity contribution in [1.29, 1.82) is 0 Å². The maximum absolute atomic E-state index is 3.73. The van der Waals surface area contributed by atoms with Crippen LogP contribution >= 0.6 is 31.9 Å². The lowest BCUT2D eigenvalue weighted by molar-refractivity contribution is 0.155. The zero-order valence-corrected chi connectivity index (χ0v) is 13.5. The summed E-state index contributed by atoms with van der Waals surface area (Å²) in [5.41, 5.74) is 1.45. The molecule has 0 aromatic heterocycles. The van der Waals surface area contributed by atoms with E-state index in [4.69, 9.17) is 0 Å². The van der Waals surface area contributed by atoms with Crippen molar-refractivity contribution in [2.45, 2.75) is 18.9 Å². The number of piperazine rings is 1. The van der Waals surface area contributed by atoms with Gasteiger partial charge in [0, 0.05) is 41.2 Å². The molecule has 1 atom stereocenters. The first-order valence-corrected chi connectivity index (χ1v) is 8.24. The normalized spacial score (nSPS) is 23.0. The van der Waals surface area contributed by atoms with Gasteiger partial charge in [-0.3, -0.25) is 4.90 Å². The van der Waals surface area contributed by atoms with Gasteiger partial charge in [0.05, 0.1) is 0 Å². The van der Waals surface area contributed by atoms with Crippen molar-refractivity contribution >= 4 is 31.9 Å². The molecule has 1 aliphatic heterocycles. The molecule has 0 unspecified atom stereocenters. The molecular weight excluding hydrogens is 356 g/mol. The molecule has 4 heteroatoms. The molecule has 1 heterocycles. The fourth-order valence-corrected chi connectivity index (χ4v) is 3.72. The highest BCUT2D eigenvalue weighted by Gasteiger charge is 2.37. The molecule has 98 valence electrons. The second-order valence-electron chi connectivity index (χ2n) is 5.23. The van der Waals surface area contributed by atoms with Gasteiger partial charge in [0.15, 0.2) is 0 Å². The number of halogens is 2. The SMILES string of the molecule is Brc1ccc(Br)c([C@H](C2CC2)N2CCNCC2)c1. The van der Waals surface area contributed by atoms with Crippen LogP contribution in [0.4, 0.5) is 0 Å². The van der Waals surface area contributed by atoms with E-state index in [2.05, 4.69) is 60.3 Å². The Morgan fingerprint density at radius 2 is 1.89 bits per heavy atom.